The van der Waals surface area contributed by atoms with Crippen molar-refractivity contribution in [3.63, 3.8) is 0 Å². The molecule has 1 aromatic rings. The maximum Gasteiger partial charge on any atom is 0.144 e. The minimum Gasteiger partial charge on any atom is -0.391 e. The molecule has 0 bridgehead atoms. The molecule has 0 aliphatic carbocycles. The van der Waals surface area contributed by atoms with Crippen LogP contribution in [0.5, 0.6) is 0 Å². The highest BCUT2D eigenvalue weighted by atomic mass is 16.3. The molecular formula is C8H14N4O. The highest BCUT2D eigenvalue weighted by molar-refractivity contribution is 5.35. The molecule has 0 spiro atoms. The first-order valence-electron chi connectivity index (χ1n) is 4.21. The summed E-state index contributed by atoms with van der Waals surface area (Å²) in [4.78, 5) is 7.83. The first kappa shape index (κ1) is 9.73. The van der Waals surface area contributed by atoms with Crippen molar-refractivity contribution in [1.29, 1.82) is 0 Å². The topological polar surface area (TPSA) is 84.1 Å². The van der Waals surface area contributed by atoms with Crippen LogP contribution in [-0.2, 0) is 0 Å². The van der Waals surface area contributed by atoms with E-state index in [4.69, 9.17) is 5.73 Å². The lowest BCUT2D eigenvalue weighted by atomic mass is 10.3. The van der Waals surface area contributed by atoms with Gasteiger partial charge in [-0.1, -0.05) is 6.92 Å². The normalized spacial score (nSPS) is 12.5. The molecule has 0 saturated carbocycles. The van der Waals surface area contributed by atoms with Crippen molar-refractivity contribution in [2.24, 2.45) is 0 Å². The molecule has 5 nitrogen and oxygen atoms in total. The summed E-state index contributed by atoms with van der Waals surface area (Å²) in [5.41, 5.74) is 5.36. The van der Waals surface area contributed by atoms with E-state index in [9.17, 15) is 5.11 Å². The first-order valence-corrected chi connectivity index (χ1v) is 4.21. The number of rotatable bonds is 4. The molecule has 0 aliphatic rings. The molecule has 72 valence electrons. The Labute approximate surface area is 77.0 Å². The number of hydrogen-bond acceptors (Lipinski definition) is 5. The van der Waals surface area contributed by atoms with Crippen molar-refractivity contribution in [3.8, 4) is 0 Å². The van der Waals surface area contributed by atoms with Crippen LogP contribution < -0.4 is 11.1 Å². The molecule has 0 radical (unpaired) electrons. The summed E-state index contributed by atoms with van der Waals surface area (Å²) in [5.74, 6) is 1.02. The van der Waals surface area contributed by atoms with Gasteiger partial charge in [-0.25, -0.2) is 9.97 Å². The monoisotopic (exact) mass is 182 g/mol. The summed E-state index contributed by atoms with van der Waals surface area (Å²) in [7, 11) is 0. The first-order chi connectivity index (χ1) is 6.22. The Morgan fingerprint density at radius 3 is 2.85 bits per heavy atom. The Balaban J connectivity index is 2.41. The van der Waals surface area contributed by atoms with Crippen LogP contribution in [0, 0.1) is 0 Å². The van der Waals surface area contributed by atoms with Gasteiger partial charge in [-0.15, -0.1) is 0 Å². The quantitative estimate of drug-likeness (QED) is 0.621. The zero-order valence-electron chi connectivity index (χ0n) is 7.57. The number of anilines is 2. The van der Waals surface area contributed by atoms with Crippen molar-refractivity contribution >= 4 is 11.6 Å². The third-order valence-electron chi connectivity index (χ3n) is 1.66. The van der Waals surface area contributed by atoms with E-state index in [0.29, 0.717) is 18.2 Å². The smallest absolute Gasteiger partial charge is 0.144 e. The Bertz CT molecular complexity index is 249. The summed E-state index contributed by atoms with van der Waals surface area (Å²) in [6, 6.07) is 0. The molecule has 1 aromatic heterocycles. The number of nitrogens with zero attached hydrogens (tertiary/aromatic N) is 2. The molecule has 0 amide bonds. The number of aromatic nitrogens is 2. The number of nitrogens with one attached hydrogen (secondary N) is 1. The van der Waals surface area contributed by atoms with E-state index >= 15 is 0 Å². The lowest BCUT2D eigenvalue weighted by molar-refractivity contribution is 0.183. The van der Waals surface area contributed by atoms with Gasteiger partial charge in [0.15, 0.2) is 0 Å². The van der Waals surface area contributed by atoms with Crippen molar-refractivity contribution in [3.05, 3.63) is 12.4 Å². The molecular weight excluding hydrogens is 168 g/mol. The van der Waals surface area contributed by atoms with Gasteiger partial charge in [-0.3, -0.25) is 0 Å². The van der Waals surface area contributed by atoms with Gasteiger partial charge in [-0.05, 0) is 6.42 Å². The van der Waals surface area contributed by atoms with Crippen LogP contribution in [0.2, 0.25) is 0 Å². The molecule has 0 aliphatic heterocycles. The molecule has 5 heteroatoms. The fourth-order valence-electron chi connectivity index (χ4n) is 0.796. The van der Waals surface area contributed by atoms with E-state index in [1.165, 1.54) is 12.4 Å². The maximum atomic E-state index is 9.24. The summed E-state index contributed by atoms with van der Waals surface area (Å²) in [6.07, 6.45) is 3.38. The zero-order chi connectivity index (χ0) is 9.68. The highest BCUT2D eigenvalue weighted by Crippen LogP contribution is 2.02. The maximum absolute atomic E-state index is 9.24. The summed E-state index contributed by atoms with van der Waals surface area (Å²) >= 11 is 0. The van der Waals surface area contributed by atoms with E-state index in [1.807, 2.05) is 6.92 Å². The average Bonchev–Trinajstić information content (AvgIpc) is 2.16. The van der Waals surface area contributed by atoms with Crippen LogP contribution in [0.3, 0.4) is 0 Å². The fourth-order valence-corrected chi connectivity index (χ4v) is 0.796. The second-order valence-electron chi connectivity index (χ2n) is 2.77. The van der Waals surface area contributed by atoms with Crippen LogP contribution in [0.4, 0.5) is 11.6 Å². The zero-order valence-corrected chi connectivity index (χ0v) is 7.57. The molecule has 0 fully saturated rings. The van der Waals surface area contributed by atoms with E-state index in [1.54, 1.807) is 0 Å². The highest BCUT2D eigenvalue weighted by Gasteiger charge is 2.00. The lowest BCUT2D eigenvalue weighted by Gasteiger charge is -2.09. The van der Waals surface area contributed by atoms with Gasteiger partial charge in [0.2, 0.25) is 0 Å². The molecule has 1 rings (SSSR count). The van der Waals surface area contributed by atoms with E-state index in [0.717, 1.165) is 6.42 Å². The number of nitrogens with two attached hydrogens (primary N) is 1. The van der Waals surface area contributed by atoms with Gasteiger partial charge in [0.1, 0.15) is 11.6 Å². The molecule has 1 unspecified atom stereocenters. The Morgan fingerprint density at radius 2 is 2.31 bits per heavy atom. The molecule has 0 aromatic carbocycles. The van der Waals surface area contributed by atoms with Gasteiger partial charge in [0.25, 0.3) is 0 Å². The fraction of sp³-hybridized carbons (Fsp3) is 0.500. The molecule has 4 N–H and O–H groups in total. The number of hydrogen-bond donors (Lipinski definition) is 3. The minimum absolute atomic E-state index is 0.348. The summed E-state index contributed by atoms with van der Waals surface area (Å²) < 4.78 is 0. The standard InChI is InChI=1S/C8H14N4O/c1-2-6(13)3-11-8-5-10-7(9)4-12-8/h4-6,13H,2-3H2,1H3,(H2,9,10)(H,11,12). The molecule has 1 atom stereocenters. The van der Waals surface area contributed by atoms with E-state index in [-0.39, 0.29) is 6.10 Å². The van der Waals surface area contributed by atoms with Crippen molar-refractivity contribution in [1.82, 2.24) is 9.97 Å². The number of aliphatic hydroxyl groups excluding tert-OH is 1. The predicted octanol–water partition coefficient (Wildman–Crippen LogP) is 0.242. The summed E-state index contributed by atoms with van der Waals surface area (Å²) in [6.45, 7) is 2.40. The molecule has 1 heterocycles. The van der Waals surface area contributed by atoms with Crippen molar-refractivity contribution in [2.75, 3.05) is 17.6 Å². The second kappa shape index (κ2) is 4.61. The van der Waals surface area contributed by atoms with E-state index < -0.39 is 0 Å². The number of aliphatic hydroxyl groups is 1. The van der Waals surface area contributed by atoms with Crippen molar-refractivity contribution in [2.45, 2.75) is 19.4 Å². The Morgan fingerprint density at radius 1 is 1.54 bits per heavy atom. The van der Waals surface area contributed by atoms with Gasteiger partial charge < -0.3 is 16.2 Å². The van der Waals surface area contributed by atoms with Crippen LogP contribution in [0.25, 0.3) is 0 Å². The van der Waals surface area contributed by atoms with Gasteiger partial charge in [0.05, 0.1) is 18.5 Å². The summed E-state index contributed by atoms with van der Waals surface area (Å²) in [5, 5.41) is 12.2. The van der Waals surface area contributed by atoms with Gasteiger partial charge in [0, 0.05) is 6.54 Å². The van der Waals surface area contributed by atoms with Crippen LogP contribution in [-0.4, -0.2) is 27.7 Å². The van der Waals surface area contributed by atoms with E-state index in [2.05, 4.69) is 15.3 Å². The number of nitrogen functional groups attached to an aromatic ring is 1. The van der Waals surface area contributed by atoms with Crippen LogP contribution in [0.15, 0.2) is 12.4 Å². The second-order valence-corrected chi connectivity index (χ2v) is 2.77. The minimum atomic E-state index is -0.348. The van der Waals surface area contributed by atoms with Crippen molar-refractivity contribution < 1.29 is 5.11 Å². The Kier molecular flexibility index (Phi) is 3.45. The van der Waals surface area contributed by atoms with Crippen LogP contribution >= 0.6 is 0 Å². The molecule has 13 heavy (non-hydrogen) atoms. The third-order valence-corrected chi connectivity index (χ3v) is 1.66. The van der Waals surface area contributed by atoms with Gasteiger partial charge in [-0.2, -0.15) is 0 Å². The largest absolute Gasteiger partial charge is 0.391 e. The Hall–Kier alpha value is -1.36. The lowest BCUT2D eigenvalue weighted by Crippen LogP contribution is -2.18. The van der Waals surface area contributed by atoms with Crippen LogP contribution in [0.1, 0.15) is 13.3 Å². The SMILES string of the molecule is CCC(O)CNc1cnc(N)cn1. The third kappa shape index (κ3) is 3.25. The molecule has 0 saturated heterocycles. The predicted molar refractivity (Wildman–Crippen MR) is 51.2 cm³/mol. The average molecular weight is 182 g/mol. The van der Waals surface area contributed by atoms with Gasteiger partial charge >= 0.3 is 0 Å².